The lowest BCUT2D eigenvalue weighted by Crippen LogP contribution is -2.26. The smallest absolute Gasteiger partial charge is 0.271 e. The molecular weight excluding hydrogens is 284 g/mol. The molecule has 3 heterocycles. The van der Waals surface area contributed by atoms with Gasteiger partial charge in [-0.2, -0.15) is 5.10 Å². The predicted molar refractivity (Wildman–Crippen MR) is 85.0 cm³/mol. The second-order valence-corrected chi connectivity index (χ2v) is 6.39. The minimum absolute atomic E-state index is 0.00908. The van der Waals surface area contributed by atoms with Crippen molar-refractivity contribution >= 4 is 21.6 Å². The van der Waals surface area contributed by atoms with Gasteiger partial charge in [0.05, 0.1) is 30.1 Å². The van der Waals surface area contributed by atoms with Gasteiger partial charge in [-0.25, -0.2) is 4.98 Å². The first-order valence-corrected chi connectivity index (χ1v) is 7.81. The predicted octanol–water partition coefficient (Wildman–Crippen LogP) is 2.84. The summed E-state index contributed by atoms with van der Waals surface area (Å²) in [5, 5.41) is 6.44. The average molecular weight is 302 g/mol. The summed E-state index contributed by atoms with van der Waals surface area (Å²) in [5.41, 5.74) is 4.01. The van der Waals surface area contributed by atoms with E-state index in [4.69, 9.17) is 0 Å². The molecule has 0 saturated carbocycles. The van der Waals surface area contributed by atoms with Gasteiger partial charge in [-0.15, -0.1) is 11.3 Å². The summed E-state index contributed by atoms with van der Waals surface area (Å²) >= 11 is 1.47. The van der Waals surface area contributed by atoms with Crippen molar-refractivity contribution < 1.29 is 0 Å². The Kier molecular flexibility index (Phi) is 3.41. The minimum Gasteiger partial charge on any atom is -0.293 e. The molecule has 1 atom stereocenters. The summed E-state index contributed by atoms with van der Waals surface area (Å²) < 4.78 is 4.38. The van der Waals surface area contributed by atoms with Crippen LogP contribution in [0.4, 0.5) is 0 Å². The first-order chi connectivity index (χ1) is 9.97. The third-order valence-corrected chi connectivity index (χ3v) is 4.77. The van der Waals surface area contributed by atoms with Gasteiger partial charge in [0.1, 0.15) is 4.70 Å². The minimum atomic E-state index is 0.00908. The zero-order valence-corrected chi connectivity index (χ0v) is 13.4. The van der Waals surface area contributed by atoms with Crippen LogP contribution < -0.4 is 5.56 Å². The molecule has 0 amide bonds. The Morgan fingerprint density at radius 2 is 2.10 bits per heavy atom. The van der Waals surface area contributed by atoms with Crippen LogP contribution in [0, 0.1) is 20.8 Å². The molecule has 6 heteroatoms. The van der Waals surface area contributed by atoms with Crippen molar-refractivity contribution in [2.24, 2.45) is 0 Å². The molecule has 0 spiro atoms. The fourth-order valence-electron chi connectivity index (χ4n) is 2.55. The normalized spacial score (nSPS) is 13.0. The Bertz CT molecular complexity index is 858. The summed E-state index contributed by atoms with van der Waals surface area (Å²) in [7, 11) is 0. The van der Waals surface area contributed by atoms with Gasteiger partial charge in [0.15, 0.2) is 0 Å². The van der Waals surface area contributed by atoms with Gasteiger partial charge in [0.25, 0.3) is 5.56 Å². The van der Waals surface area contributed by atoms with Crippen molar-refractivity contribution in [3.8, 4) is 0 Å². The van der Waals surface area contributed by atoms with Crippen molar-refractivity contribution in [3.63, 3.8) is 0 Å². The number of fused-ring (bicyclic) bond motifs is 1. The maximum absolute atomic E-state index is 12.6. The topological polar surface area (TPSA) is 52.7 Å². The van der Waals surface area contributed by atoms with Crippen LogP contribution >= 0.6 is 11.3 Å². The summed E-state index contributed by atoms with van der Waals surface area (Å²) in [5.74, 6) is 0. The summed E-state index contributed by atoms with van der Waals surface area (Å²) in [4.78, 5) is 17.0. The summed E-state index contributed by atoms with van der Waals surface area (Å²) in [6.45, 7) is 8.67. The molecule has 3 aromatic heterocycles. The highest BCUT2D eigenvalue weighted by atomic mass is 32.1. The molecule has 0 fully saturated rings. The van der Waals surface area contributed by atoms with Gasteiger partial charge in [0.2, 0.25) is 0 Å². The molecule has 0 unspecified atom stereocenters. The third-order valence-electron chi connectivity index (χ3n) is 3.70. The first-order valence-electron chi connectivity index (χ1n) is 6.93. The third kappa shape index (κ3) is 2.40. The molecule has 0 radical (unpaired) electrons. The summed E-state index contributed by atoms with van der Waals surface area (Å²) in [6.07, 6.45) is 1.65. The Labute approximate surface area is 126 Å². The van der Waals surface area contributed by atoms with Crippen LogP contribution in [-0.2, 0) is 6.54 Å². The largest absolute Gasteiger partial charge is 0.293 e. The van der Waals surface area contributed by atoms with Gasteiger partial charge in [-0.1, -0.05) is 0 Å². The Hall–Kier alpha value is -1.95. The van der Waals surface area contributed by atoms with E-state index in [1.807, 2.05) is 43.8 Å². The lowest BCUT2D eigenvalue weighted by Gasteiger charge is -2.15. The number of rotatable bonds is 3. The second kappa shape index (κ2) is 5.11. The number of hydrogen-bond donors (Lipinski definition) is 0. The maximum Gasteiger partial charge on any atom is 0.271 e. The van der Waals surface area contributed by atoms with Crippen molar-refractivity contribution in [1.29, 1.82) is 0 Å². The van der Waals surface area contributed by atoms with Gasteiger partial charge in [-0.05, 0) is 44.7 Å². The number of thiophene rings is 1. The van der Waals surface area contributed by atoms with E-state index in [0.29, 0.717) is 6.54 Å². The maximum atomic E-state index is 12.6. The fourth-order valence-corrected chi connectivity index (χ4v) is 3.49. The van der Waals surface area contributed by atoms with E-state index in [0.717, 1.165) is 27.2 Å². The van der Waals surface area contributed by atoms with Crippen molar-refractivity contribution in [2.75, 3.05) is 0 Å². The van der Waals surface area contributed by atoms with Crippen LogP contribution in [0.5, 0.6) is 0 Å². The average Bonchev–Trinajstić information content (AvgIpc) is 2.94. The monoisotopic (exact) mass is 302 g/mol. The van der Waals surface area contributed by atoms with Crippen molar-refractivity contribution in [1.82, 2.24) is 19.3 Å². The molecule has 0 N–H and O–H groups in total. The quantitative estimate of drug-likeness (QED) is 0.747. The zero-order valence-electron chi connectivity index (χ0n) is 12.6. The van der Waals surface area contributed by atoms with E-state index in [9.17, 15) is 4.79 Å². The Morgan fingerprint density at radius 1 is 1.33 bits per heavy atom. The highest BCUT2D eigenvalue weighted by molar-refractivity contribution is 7.17. The highest BCUT2D eigenvalue weighted by Gasteiger charge is 2.14. The second-order valence-electron chi connectivity index (χ2n) is 5.51. The molecule has 5 nitrogen and oxygen atoms in total. The first kappa shape index (κ1) is 14.0. The van der Waals surface area contributed by atoms with E-state index in [1.165, 1.54) is 11.3 Å². The number of aryl methyl sites for hydroxylation is 3. The van der Waals surface area contributed by atoms with Gasteiger partial charge < -0.3 is 0 Å². The molecule has 0 aliphatic rings. The fraction of sp³-hybridized carbons (Fsp3) is 0.400. The lowest BCUT2D eigenvalue weighted by molar-refractivity contribution is 0.419. The van der Waals surface area contributed by atoms with E-state index in [2.05, 4.69) is 10.1 Å². The summed E-state index contributed by atoms with van der Waals surface area (Å²) in [6, 6.07) is 2.05. The van der Waals surface area contributed by atoms with Crippen LogP contribution in [0.25, 0.3) is 10.2 Å². The number of nitrogens with zero attached hydrogens (tertiary/aromatic N) is 4. The molecule has 0 bridgehead atoms. The zero-order chi connectivity index (χ0) is 15.1. The van der Waals surface area contributed by atoms with Crippen LogP contribution in [0.1, 0.15) is 29.9 Å². The van der Waals surface area contributed by atoms with E-state index < -0.39 is 0 Å². The molecule has 0 aromatic carbocycles. The van der Waals surface area contributed by atoms with Crippen LogP contribution in [0.15, 0.2) is 22.6 Å². The van der Waals surface area contributed by atoms with Crippen LogP contribution in [0.2, 0.25) is 0 Å². The van der Waals surface area contributed by atoms with Gasteiger partial charge in [-0.3, -0.25) is 14.0 Å². The number of aromatic nitrogens is 4. The molecular formula is C15H18N4OS. The van der Waals surface area contributed by atoms with Crippen LogP contribution in [0.3, 0.4) is 0 Å². The van der Waals surface area contributed by atoms with Gasteiger partial charge >= 0.3 is 0 Å². The Morgan fingerprint density at radius 3 is 2.76 bits per heavy atom. The van der Waals surface area contributed by atoms with Crippen molar-refractivity contribution in [2.45, 2.75) is 40.3 Å². The molecule has 0 aliphatic carbocycles. The lowest BCUT2D eigenvalue weighted by atomic mass is 10.3. The standard InChI is InChI=1S/C15H18N4OS/c1-9-7-21-14-13(9)16-8-18(15(14)20)12(4)6-19-11(3)5-10(2)17-19/h5,7-8,12H,6H2,1-4H3/t12-/m1/s1. The SMILES string of the molecule is Cc1cc(C)n(C[C@@H](C)n2cnc3c(C)csc3c2=O)n1. The number of hydrogen-bond acceptors (Lipinski definition) is 4. The highest BCUT2D eigenvalue weighted by Crippen LogP contribution is 2.20. The van der Waals surface area contributed by atoms with Crippen LogP contribution in [-0.4, -0.2) is 19.3 Å². The molecule has 3 aromatic rings. The molecule has 110 valence electrons. The molecule has 3 rings (SSSR count). The Balaban J connectivity index is 1.98. The van der Waals surface area contributed by atoms with Gasteiger partial charge in [0, 0.05) is 5.69 Å². The van der Waals surface area contributed by atoms with Crippen molar-refractivity contribution in [3.05, 3.63) is 45.1 Å². The molecule has 0 saturated heterocycles. The molecule has 21 heavy (non-hydrogen) atoms. The molecule has 0 aliphatic heterocycles. The van der Waals surface area contributed by atoms with E-state index in [-0.39, 0.29) is 11.6 Å². The van der Waals surface area contributed by atoms with E-state index in [1.54, 1.807) is 10.9 Å². The van der Waals surface area contributed by atoms with E-state index >= 15 is 0 Å².